The Kier molecular flexibility index (Phi) is 3.77. The Hall–Kier alpha value is -2.11. The maximum Gasteiger partial charge on any atom is 0.251 e. The van der Waals surface area contributed by atoms with Crippen LogP contribution in [0.15, 0.2) is 36.4 Å². The summed E-state index contributed by atoms with van der Waals surface area (Å²) in [5.74, 6) is -0.189. The van der Waals surface area contributed by atoms with Crippen LogP contribution in [0, 0.1) is 0 Å². The Balaban J connectivity index is 1.72. The summed E-state index contributed by atoms with van der Waals surface area (Å²) in [4.78, 5) is 12.1. The van der Waals surface area contributed by atoms with Crippen molar-refractivity contribution >= 4 is 40.1 Å². The lowest BCUT2D eigenvalue weighted by molar-refractivity contribution is 0.0951. The predicted octanol–water partition coefficient (Wildman–Crippen LogP) is 3.19. The smallest absolute Gasteiger partial charge is 0.251 e. The third-order valence-corrected chi connectivity index (χ3v) is 3.75. The number of H-pyrrole nitrogens is 1. The number of amides is 1. The average molecular weight is 321 g/mol. The first-order chi connectivity index (χ1) is 10.1. The molecule has 0 atom stereocenters. The van der Waals surface area contributed by atoms with Crippen molar-refractivity contribution in [3.8, 4) is 0 Å². The topological polar surface area (TPSA) is 70.7 Å². The van der Waals surface area contributed by atoms with Crippen LogP contribution >= 0.6 is 23.2 Å². The molecule has 0 aliphatic carbocycles. The number of aromatic amines is 1. The van der Waals surface area contributed by atoms with Gasteiger partial charge in [-0.25, -0.2) is 0 Å². The molecule has 2 aromatic carbocycles. The number of fused-ring (bicyclic) bond motifs is 1. The summed E-state index contributed by atoms with van der Waals surface area (Å²) in [5.41, 5.74) is 2.77. The molecule has 0 aliphatic heterocycles. The monoisotopic (exact) mass is 320 g/mol. The predicted molar refractivity (Wildman–Crippen MR) is 81.5 cm³/mol. The van der Waals surface area contributed by atoms with Crippen LogP contribution in [0.4, 0.5) is 0 Å². The van der Waals surface area contributed by atoms with Gasteiger partial charge >= 0.3 is 0 Å². The molecular weight excluding hydrogens is 311 g/mol. The molecule has 2 N–H and O–H groups in total. The second-order valence-corrected chi connectivity index (χ2v) is 5.27. The minimum absolute atomic E-state index is 0.189. The molecule has 0 fully saturated rings. The van der Waals surface area contributed by atoms with Gasteiger partial charge in [0.25, 0.3) is 5.91 Å². The molecule has 0 spiro atoms. The molecule has 3 rings (SSSR count). The van der Waals surface area contributed by atoms with Gasteiger partial charge in [0.15, 0.2) is 0 Å². The molecular formula is C14H10Cl2N4O. The number of hydrogen-bond donors (Lipinski definition) is 2. The SMILES string of the molecule is O=C(NCc1ccc(Cl)c(Cl)c1)c1ccc2n[nH]nc2c1. The minimum atomic E-state index is -0.189. The van der Waals surface area contributed by atoms with Gasteiger partial charge in [0.2, 0.25) is 0 Å². The number of carbonyl (C=O) groups is 1. The van der Waals surface area contributed by atoms with E-state index in [1.807, 2.05) is 6.07 Å². The van der Waals surface area contributed by atoms with E-state index < -0.39 is 0 Å². The van der Waals surface area contributed by atoms with Gasteiger partial charge in [0.05, 0.1) is 10.0 Å². The van der Waals surface area contributed by atoms with E-state index in [2.05, 4.69) is 20.7 Å². The molecule has 7 heteroatoms. The molecule has 0 saturated carbocycles. The number of carbonyl (C=O) groups excluding carboxylic acids is 1. The summed E-state index contributed by atoms with van der Waals surface area (Å²) in [7, 11) is 0. The molecule has 106 valence electrons. The van der Waals surface area contributed by atoms with E-state index in [-0.39, 0.29) is 5.91 Å². The van der Waals surface area contributed by atoms with Crippen molar-refractivity contribution in [2.45, 2.75) is 6.54 Å². The first kappa shape index (κ1) is 13.9. The molecule has 1 amide bonds. The van der Waals surface area contributed by atoms with Gasteiger partial charge in [0, 0.05) is 12.1 Å². The summed E-state index contributed by atoms with van der Waals surface area (Å²) in [6.45, 7) is 0.368. The van der Waals surface area contributed by atoms with E-state index in [0.717, 1.165) is 11.1 Å². The van der Waals surface area contributed by atoms with Crippen molar-refractivity contribution in [1.29, 1.82) is 0 Å². The third-order valence-electron chi connectivity index (χ3n) is 3.02. The van der Waals surface area contributed by atoms with Crippen molar-refractivity contribution < 1.29 is 4.79 Å². The maximum atomic E-state index is 12.1. The Morgan fingerprint density at radius 3 is 2.67 bits per heavy atom. The van der Waals surface area contributed by atoms with Crippen molar-refractivity contribution in [1.82, 2.24) is 20.7 Å². The molecule has 5 nitrogen and oxygen atoms in total. The first-order valence-electron chi connectivity index (χ1n) is 6.16. The highest BCUT2D eigenvalue weighted by molar-refractivity contribution is 6.42. The molecule has 3 aromatic rings. The van der Waals surface area contributed by atoms with Crippen LogP contribution in [0.1, 0.15) is 15.9 Å². The molecule has 0 saturated heterocycles. The van der Waals surface area contributed by atoms with Crippen LogP contribution in [0.3, 0.4) is 0 Å². The highest BCUT2D eigenvalue weighted by Gasteiger charge is 2.08. The van der Waals surface area contributed by atoms with Gasteiger partial charge < -0.3 is 5.32 Å². The number of aromatic nitrogens is 3. The summed E-state index contributed by atoms with van der Waals surface area (Å²) in [6, 6.07) is 10.4. The van der Waals surface area contributed by atoms with E-state index in [9.17, 15) is 4.79 Å². The van der Waals surface area contributed by atoms with Gasteiger partial charge in [-0.2, -0.15) is 15.4 Å². The molecule has 0 radical (unpaired) electrons. The third kappa shape index (κ3) is 2.99. The quantitative estimate of drug-likeness (QED) is 0.778. The van der Waals surface area contributed by atoms with Gasteiger partial charge in [-0.1, -0.05) is 29.3 Å². The second kappa shape index (κ2) is 5.71. The highest BCUT2D eigenvalue weighted by Crippen LogP contribution is 2.22. The zero-order valence-corrected chi connectivity index (χ0v) is 12.2. The lowest BCUT2D eigenvalue weighted by atomic mass is 10.1. The first-order valence-corrected chi connectivity index (χ1v) is 6.92. The lowest BCUT2D eigenvalue weighted by Gasteiger charge is -2.06. The van der Waals surface area contributed by atoms with E-state index in [1.54, 1.807) is 30.3 Å². The number of nitrogens with zero attached hydrogens (tertiary/aromatic N) is 2. The van der Waals surface area contributed by atoms with E-state index >= 15 is 0 Å². The summed E-state index contributed by atoms with van der Waals surface area (Å²) in [5, 5.41) is 14.2. The second-order valence-electron chi connectivity index (χ2n) is 4.46. The Labute approximate surface area is 130 Å². The summed E-state index contributed by atoms with van der Waals surface area (Å²) < 4.78 is 0. The minimum Gasteiger partial charge on any atom is -0.348 e. The van der Waals surface area contributed by atoms with Gasteiger partial charge in [-0.3, -0.25) is 4.79 Å². The van der Waals surface area contributed by atoms with Crippen LogP contribution in [0.5, 0.6) is 0 Å². The van der Waals surface area contributed by atoms with Crippen LogP contribution in [0.25, 0.3) is 11.0 Å². The van der Waals surface area contributed by atoms with Crippen LogP contribution < -0.4 is 5.32 Å². The molecule has 1 aromatic heterocycles. The zero-order valence-electron chi connectivity index (χ0n) is 10.7. The van der Waals surface area contributed by atoms with E-state index in [0.29, 0.717) is 27.7 Å². The summed E-state index contributed by atoms with van der Waals surface area (Å²) >= 11 is 11.8. The molecule has 1 heterocycles. The number of nitrogens with one attached hydrogen (secondary N) is 2. The van der Waals surface area contributed by atoms with Crippen molar-refractivity contribution in [3.05, 3.63) is 57.6 Å². The number of rotatable bonds is 3. The molecule has 0 aliphatic rings. The van der Waals surface area contributed by atoms with Crippen molar-refractivity contribution in [2.24, 2.45) is 0 Å². The fourth-order valence-electron chi connectivity index (χ4n) is 1.92. The number of hydrogen-bond acceptors (Lipinski definition) is 3. The highest BCUT2D eigenvalue weighted by atomic mass is 35.5. The average Bonchev–Trinajstić information content (AvgIpc) is 2.95. The van der Waals surface area contributed by atoms with E-state index in [1.165, 1.54) is 0 Å². The van der Waals surface area contributed by atoms with Crippen LogP contribution in [-0.4, -0.2) is 21.3 Å². The van der Waals surface area contributed by atoms with Gasteiger partial charge in [0.1, 0.15) is 11.0 Å². The number of halogens is 2. The van der Waals surface area contributed by atoms with Crippen molar-refractivity contribution in [3.63, 3.8) is 0 Å². The fourth-order valence-corrected chi connectivity index (χ4v) is 2.24. The molecule has 21 heavy (non-hydrogen) atoms. The lowest BCUT2D eigenvalue weighted by Crippen LogP contribution is -2.22. The van der Waals surface area contributed by atoms with Gasteiger partial charge in [-0.15, -0.1) is 0 Å². The Morgan fingerprint density at radius 2 is 1.86 bits per heavy atom. The number of benzene rings is 2. The fraction of sp³-hybridized carbons (Fsp3) is 0.0714. The maximum absolute atomic E-state index is 12.1. The zero-order chi connectivity index (χ0) is 14.8. The van der Waals surface area contributed by atoms with Crippen molar-refractivity contribution in [2.75, 3.05) is 0 Å². The Bertz CT molecular complexity index is 816. The molecule has 0 bridgehead atoms. The normalized spacial score (nSPS) is 10.8. The van der Waals surface area contributed by atoms with Crippen LogP contribution in [0.2, 0.25) is 10.0 Å². The molecule has 0 unspecified atom stereocenters. The Morgan fingerprint density at radius 1 is 1.05 bits per heavy atom. The van der Waals surface area contributed by atoms with Crippen LogP contribution in [-0.2, 0) is 6.54 Å². The summed E-state index contributed by atoms with van der Waals surface area (Å²) in [6.07, 6.45) is 0. The standard InChI is InChI=1S/C14H10Cl2N4O/c15-10-3-1-8(5-11(10)16)7-17-14(21)9-2-4-12-13(6-9)19-20-18-12/h1-6H,7H2,(H,17,21)(H,18,19,20). The van der Waals surface area contributed by atoms with E-state index in [4.69, 9.17) is 23.2 Å². The largest absolute Gasteiger partial charge is 0.348 e. The van der Waals surface area contributed by atoms with Gasteiger partial charge in [-0.05, 0) is 35.9 Å².